The predicted molar refractivity (Wildman–Crippen MR) is 84.2 cm³/mol. The van der Waals surface area contributed by atoms with Gasteiger partial charge in [0.25, 0.3) is 0 Å². The third kappa shape index (κ3) is 3.33. The fourth-order valence-electron chi connectivity index (χ4n) is 2.30. The summed E-state index contributed by atoms with van der Waals surface area (Å²) in [6.07, 6.45) is 0. The van der Waals surface area contributed by atoms with Crippen LogP contribution in [0.25, 0.3) is 0 Å². The lowest BCUT2D eigenvalue weighted by atomic mass is 10.1. The molecule has 0 atom stereocenters. The molecule has 0 aliphatic heterocycles. The van der Waals surface area contributed by atoms with Crippen LogP contribution in [0.5, 0.6) is 0 Å². The van der Waals surface area contributed by atoms with Gasteiger partial charge in [-0.1, -0.05) is 19.9 Å². The lowest BCUT2D eigenvalue weighted by Crippen LogP contribution is -2.40. The fourth-order valence-corrected chi connectivity index (χ4v) is 4.57. The number of aryl methyl sites for hydroxylation is 1. The number of nitrogens with two attached hydrogens (primary N) is 1. The van der Waals surface area contributed by atoms with Crippen molar-refractivity contribution in [3.8, 4) is 0 Å². The van der Waals surface area contributed by atoms with Crippen LogP contribution < -0.4 is 5.73 Å². The molecular formula is C15H26N2O2S. The van der Waals surface area contributed by atoms with Crippen LogP contribution in [0.4, 0.5) is 5.69 Å². The van der Waals surface area contributed by atoms with Gasteiger partial charge in [-0.3, -0.25) is 0 Å². The molecule has 0 radical (unpaired) electrons. The normalized spacial score (nSPS) is 12.7. The Labute approximate surface area is 123 Å². The smallest absolute Gasteiger partial charge is 0.243 e. The van der Waals surface area contributed by atoms with Crippen LogP contribution in [-0.4, -0.2) is 25.3 Å². The zero-order chi connectivity index (χ0) is 15.7. The van der Waals surface area contributed by atoms with Crippen LogP contribution in [0.2, 0.25) is 0 Å². The maximum absolute atomic E-state index is 13.0. The lowest BCUT2D eigenvalue weighted by Gasteiger charge is -2.29. The molecule has 2 N–H and O–H groups in total. The highest BCUT2D eigenvalue weighted by atomic mass is 32.2. The van der Waals surface area contributed by atoms with Gasteiger partial charge in [0, 0.05) is 18.3 Å². The molecule has 0 unspecified atom stereocenters. The van der Waals surface area contributed by atoms with Crippen molar-refractivity contribution in [2.45, 2.75) is 52.5 Å². The molecule has 5 heteroatoms. The van der Waals surface area contributed by atoms with Crippen molar-refractivity contribution in [1.82, 2.24) is 4.31 Å². The van der Waals surface area contributed by atoms with Crippen LogP contribution in [0.3, 0.4) is 0 Å². The molecule has 1 aromatic rings. The number of hydrogen-bond acceptors (Lipinski definition) is 3. The summed E-state index contributed by atoms with van der Waals surface area (Å²) < 4.78 is 27.5. The van der Waals surface area contributed by atoms with E-state index in [1.165, 1.54) is 0 Å². The summed E-state index contributed by atoms with van der Waals surface area (Å²) in [5.74, 6) is 0.272. The Morgan fingerprint density at radius 1 is 1.15 bits per heavy atom. The molecule has 0 spiro atoms. The molecule has 0 saturated carbocycles. The summed E-state index contributed by atoms with van der Waals surface area (Å²) in [6.45, 7) is 11.9. The molecule has 0 amide bonds. The number of nitrogen functional groups attached to an aromatic ring is 1. The van der Waals surface area contributed by atoms with Gasteiger partial charge < -0.3 is 5.73 Å². The van der Waals surface area contributed by atoms with Gasteiger partial charge in [0.2, 0.25) is 10.0 Å². The minimum atomic E-state index is -3.53. The van der Waals surface area contributed by atoms with Gasteiger partial charge in [-0.25, -0.2) is 8.42 Å². The Morgan fingerprint density at radius 2 is 1.70 bits per heavy atom. The standard InChI is InChI=1S/C15H26N2O2S/c1-10(2)9-17(11(3)4)20(18,19)15-12(5)7-8-14(16)13(15)6/h7-8,10-11H,9,16H2,1-6H3. The Hall–Kier alpha value is -1.07. The Morgan fingerprint density at radius 3 is 2.15 bits per heavy atom. The molecule has 1 aromatic carbocycles. The number of benzene rings is 1. The van der Waals surface area contributed by atoms with E-state index in [1.54, 1.807) is 23.4 Å². The molecule has 20 heavy (non-hydrogen) atoms. The van der Waals surface area contributed by atoms with Gasteiger partial charge in [-0.05, 0) is 50.8 Å². The summed E-state index contributed by atoms with van der Waals surface area (Å²) in [6, 6.07) is 3.44. The minimum Gasteiger partial charge on any atom is -0.398 e. The zero-order valence-corrected chi connectivity index (χ0v) is 14.1. The first-order valence-corrected chi connectivity index (χ1v) is 8.40. The van der Waals surface area contributed by atoms with Crippen molar-refractivity contribution in [2.24, 2.45) is 5.92 Å². The van der Waals surface area contributed by atoms with E-state index in [4.69, 9.17) is 5.73 Å². The topological polar surface area (TPSA) is 63.4 Å². The molecular weight excluding hydrogens is 272 g/mol. The molecule has 0 aliphatic carbocycles. The summed E-state index contributed by atoms with van der Waals surface area (Å²) in [7, 11) is -3.53. The Balaban J connectivity index is 3.45. The predicted octanol–water partition coefficient (Wildman–Crippen LogP) is 2.94. The van der Waals surface area contributed by atoms with E-state index in [9.17, 15) is 8.42 Å². The van der Waals surface area contributed by atoms with E-state index in [2.05, 4.69) is 0 Å². The van der Waals surface area contributed by atoms with Crippen molar-refractivity contribution in [3.63, 3.8) is 0 Å². The zero-order valence-electron chi connectivity index (χ0n) is 13.3. The second kappa shape index (κ2) is 6.14. The summed E-state index contributed by atoms with van der Waals surface area (Å²) in [5.41, 5.74) is 7.78. The first kappa shape index (κ1) is 17.0. The first-order valence-electron chi connectivity index (χ1n) is 6.96. The highest BCUT2D eigenvalue weighted by Gasteiger charge is 2.30. The molecule has 0 aliphatic rings. The fraction of sp³-hybridized carbons (Fsp3) is 0.600. The summed E-state index contributed by atoms with van der Waals surface area (Å²) in [4.78, 5) is 0.354. The SMILES string of the molecule is Cc1ccc(N)c(C)c1S(=O)(=O)N(CC(C)C)C(C)C. The van der Waals surface area contributed by atoms with Crippen molar-refractivity contribution in [3.05, 3.63) is 23.3 Å². The van der Waals surface area contributed by atoms with Gasteiger partial charge in [-0.15, -0.1) is 0 Å². The van der Waals surface area contributed by atoms with E-state index in [-0.39, 0.29) is 12.0 Å². The number of nitrogens with zero attached hydrogens (tertiary/aromatic N) is 1. The molecule has 114 valence electrons. The van der Waals surface area contributed by atoms with Crippen molar-refractivity contribution in [1.29, 1.82) is 0 Å². The second-order valence-corrected chi connectivity index (χ2v) is 7.82. The largest absolute Gasteiger partial charge is 0.398 e. The summed E-state index contributed by atoms with van der Waals surface area (Å²) in [5, 5.41) is 0. The molecule has 0 bridgehead atoms. The number of rotatable bonds is 5. The third-order valence-corrected chi connectivity index (χ3v) is 5.66. The van der Waals surface area contributed by atoms with E-state index in [0.29, 0.717) is 22.7 Å². The van der Waals surface area contributed by atoms with Crippen LogP contribution in [0, 0.1) is 19.8 Å². The van der Waals surface area contributed by atoms with E-state index >= 15 is 0 Å². The Bertz CT molecular complexity index is 578. The van der Waals surface area contributed by atoms with E-state index < -0.39 is 10.0 Å². The second-order valence-electron chi connectivity index (χ2n) is 5.99. The maximum atomic E-state index is 13.0. The van der Waals surface area contributed by atoms with E-state index in [0.717, 1.165) is 5.56 Å². The maximum Gasteiger partial charge on any atom is 0.243 e. The third-order valence-electron chi connectivity index (χ3n) is 3.33. The molecule has 0 aromatic heterocycles. The average molecular weight is 298 g/mol. The molecule has 0 heterocycles. The number of hydrogen-bond donors (Lipinski definition) is 1. The van der Waals surface area contributed by atoms with Crippen molar-refractivity contribution in [2.75, 3.05) is 12.3 Å². The number of sulfonamides is 1. The van der Waals surface area contributed by atoms with Gasteiger partial charge in [0.15, 0.2) is 0 Å². The Kier molecular flexibility index (Phi) is 5.21. The highest BCUT2D eigenvalue weighted by Crippen LogP contribution is 2.29. The molecule has 1 rings (SSSR count). The quantitative estimate of drug-likeness (QED) is 0.850. The average Bonchev–Trinajstić information content (AvgIpc) is 2.30. The van der Waals surface area contributed by atoms with Gasteiger partial charge in [-0.2, -0.15) is 4.31 Å². The van der Waals surface area contributed by atoms with Gasteiger partial charge in [0.05, 0.1) is 4.90 Å². The van der Waals surface area contributed by atoms with Crippen LogP contribution in [-0.2, 0) is 10.0 Å². The number of anilines is 1. The van der Waals surface area contributed by atoms with Crippen LogP contribution in [0.15, 0.2) is 17.0 Å². The molecule has 4 nitrogen and oxygen atoms in total. The van der Waals surface area contributed by atoms with E-state index in [1.807, 2.05) is 34.6 Å². The molecule has 0 saturated heterocycles. The molecule has 0 fully saturated rings. The van der Waals surface area contributed by atoms with Crippen molar-refractivity contribution < 1.29 is 8.42 Å². The monoisotopic (exact) mass is 298 g/mol. The first-order chi connectivity index (χ1) is 9.09. The van der Waals surface area contributed by atoms with Crippen LogP contribution in [0.1, 0.15) is 38.8 Å². The minimum absolute atomic E-state index is 0.0809. The van der Waals surface area contributed by atoms with Crippen LogP contribution >= 0.6 is 0 Å². The van der Waals surface area contributed by atoms with Crippen molar-refractivity contribution >= 4 is 15.7 Å². The van der Waals surface area contributed by atoms with Gasteiger partial charge in [0.1, 0.15) is 0 Å². The van der Waals surface area contributed by atoms with Gasteiger partial charge >= 0.3 is 0 Å². The lowest BCUT2D eigenvalue weighted by molar-refractivity contribution is 0.318. The highest BCUT2D eigenvalue weighted by molar-refractivity contribution is 7.89. The summed E-state index contributed by atoms with van der Waals surface area (Å²) >= 11 is 0.